The van der Waals surface area contributed by atoms with E-state index in [0.717, 1.165) is 0 Å². The summed E-state index contributed by atoms with van der Waals surface area (Å²) in [5.74, 6) is -3.95. The first-order valence-corrected chi connectivity index (χ1v) is 9.18. The smallest absolute Gasteiger partial charge is 0.323 e. The second kappa shape index (κ2) is 9.07. The number of esters is 3. The highest BCUT2D eigenvalue weighted by atomic mass is 16.5. The maximum atomic E-state index is 12.8. The molecule has 0 aromatic heterocycles. The minimum atomic E-state index is -1.67. The van der Waals surface area contributed by atoms with Gasteiger partial charge in [0.25, 0.3) is 0 Å². The minimum Gasteiger partial charge on any atom is -0.497 e. The lowest BCUT2D eigenvalue weighted by atomic mass is 9.76. The van der Waals surface area contributed by atoms with Crippen molar-refractivity contribution in [3.8, 4) is 5.75 Å². The van der Waals surface area contributed by atoms with Crippen molar-refractivity contribution >= 4 is 23.7 Å². The summed E-state index contributed by atoms with van der Waals surface area (Å²) in [7, 11) is 5.09. The quantitative estimate of drug-likeness (QED) is 0.293. The summed E-state index contributed by atoms with van der Waals surface area (Å²) in [6, 6.07) is 6.58. The molecule has 0 radical (unpaired) electrons. The van der Waals surface area contributed by atoms with Gasteiger partial charge in [-0.3, -0.25) is 19.2 Å². The van der Waals surface area contributed by atoms with E-state index in [1.54, 1.807) is 31.2 Å². The fourth-order valence-corrected chi connectivity index (χ4v) is 4.29. The summed E-state index contributed by atoms with van der Waals surface area (Å²) in [4.78, 5) is 50.5. The van der Waals surface area contributed by atoms with Gasteiger partial charge in [0.05, 0.1) is 34.4 Å². The molecule has 3 atom stereocenters. The Balaban J connectivity index is 2.39. The molecule has 1 aromatic carbocycles. The molecule has 0 saturated heterocycles. The van der Waals surface area contributed by atoms with E-state index in [9.17, 15) is 19.2 Å². The van der Waals surface area contributed by atoms with Crippen LogP contribution in [0.3, 0.4) is 0 Å². The molecule has 1 fully saturated rings. The van der Waals surface area contributed by atoms with Gasteiger partial charge < -0.3 is 18.9 Å². The Labute approximate surface area is 169 Å². The third-order valence-electron chi connectivity index (χ3n) is 5.84. The van der Waals surface area contributed by atoms with Crippen LogP contribution in [0.25, 0.3) is 0 Å². The first-order chi connectivity index (χ1) is 13.8. The molecule has 0 heterocycles. The third-order valence-corrected chi connectivity index (χ3v) is 5.84. The van der Waals surface area contributed by atoms with Crippen LogP contribution >= 0.6 is 0 Å². The lowest BCUT2D eigenvalue weighted by Gasteiger charge is -2.28. The van der Waals surface area contributed by atoms with E-state index in [1.165, 1.54) is 28.4 Å². The monoisotopic (exact) mass is 406 g/mol. The van der Waals surface area contributed by atoms with E-state index in [1.807, 2.05) is 0 Å². The van der Waals surface area contributed by atoms with Crippen LogP contribution in [0, 0.1) is 23.2 Å². The van der Waals surface area contributed by atoms with Crippen LogP contribution in [0.15, 0.2) is 24.3 Å². The summed E-state index contributed by atoms with van der Waals surface area (Å²) < 4.78 is 19.7. The van der Waals surface area contributed by atoms with E-state index in [-0.39, 0.29) is 18.6 Å². The largest absolute Gasteiger partial charge is 0.497 e. The van der Waals surface area contributed by atoms with E-state index >= 15 is 0 Å². The molecule has 1 saturated carbocycles. The number of hydrogen-bond donors (Lipinski definition) is 0. The van der Waals surface area contributed by atoms with Crippen LogP contribution in [-0.4, -0.2) is 52.1 Å². The molecule has 0 spiro atoms. The molecule has 1 aromatic rings. The van der Waals surface area contributed by atoms with Crippen molar-refractivity contribution in [3.05, 3.63) is 29.8 Å². The van der Waals surface area contributed by atoms with Crippen LogP contribution in [0.1, 0.15) is 30.1 Å². The van der Waals surface area contributed by atoms with Gasteiger partial charge >= 0.3 is 17.9 Å². The van der Waals surface area contributed by atoms with Crippen molar-refractivity contribution in [2.45, 2.75) is 19.8 Å². The summed E-state index contributed by atoms with van der Waals surface area (Å²) in [5.41, 5.74) is -1.23. The fraction of sp³-hybridized carbons (Fsp3) is 0.524. The zero-order valence-electron chi connectivity index (χ0n) is 17.2. The number of carbonyl (C=O) groups is 4. The Bertz CT molecular complexity index is 766. The van der Waals surface area contributed by atoms with E-state index < -0.39 is 41.1 Å². The molecule has 1 aliphatic carbocycles. The number of ether oxygens (including phenoxy) is 4. The average Bonchev–Trinajstić information content (AvgIpc) is 3.04. The van der Waals surface area contributed by atoms with Crippen LogP contribution in [0.2, 0.25) is 0 Å². The third kappa shape index (κ3) is 3.97. The van der Waals surface area contributed by atoms with Gasteiger partial charge in [0, 0.05) is 12.0 Å². The standard InChI is InChI=1S/C21H26O8/c1-12-17(18(23)27-3)14(11-21(12,19(24)28-4)20(25)29-5)10-16(22)13-6-8-15(26-2)9-7-13/h6-9,12,14,17H,10-11H2,1-5H3/t12-,14+,17-/m0/s1. The predicted molar refractivity (Wildman–Crippen MR) is 101 cm³/mol. The zero-order chi connectivity index (χ0) is 21.8. The molecular formula is C21H26O8. The van der Waals surface area contributed by atoms with Crippen molar-refractivity contribution in [1.82, 2.24) is 0 Å². The van der Waals surface area contributed by atoms with E-state index in [0.29, 0.717) is 11.3 Å². The Morgan fingerprint density at radius 3 is 1.93 bits per heavy atom. The highest BCUT2D eigenvalue weighted by Crippen LogP contribution is 2.53. The summed E-state index contributed by atoms with van der Waals surface area (Å²) in [6.07, 6.45) is -0.0820. The first-order valence-electron chi connectivity index (χ1n) is 9.18. The van der Waals surface area contributed by atoms with Crippen molar-refractivity contribution < 1.29 is 38.1 Å². The van der Waals surface area contributed by atoms with Gasteiger partial charge in [0.2, 0.25) is 0 Å². The van der Waals surface area contributed by atoms with Crippen LogP contribution in [-0.2, 0) is 28.6 Å². The lowest BCUT2D eigenvalue weighted by molar-refractivity contribution is -0.172. The van der Waals surface area contributed by atoms with Crippen LogP contribution in [0.4, 0.5) is 0 Å². The number of methoxy groups -OCH3 is 4. The summed E-state index contributed by atoms with van der Waals surface area (Å²) in [6.45, 7) is 1.60. The molecule has 2 rings (SSSR count). The van der Waals surface area contributed by atoms with Gasteiger partial charge in [0.15, 0.2) is 11.2 Å². The van der Waals surface area contributed by atoms with Gasteiger partial charge in [-0.25, -0.2) is 0 Å². The van der Waals surface area contributed by atoms with Gasteiger partial charge in [-0.15, -0.1) is 0 Å². The Morgan fingerprint density at radius 1 is 0.931 bits per heavy atom. The van der Waals surface area contributed by atoms with Crippen LogP contribution < -0.4 is 4.74 Å². The maximum absolute atomic E-state index is 12.8. The van der Waals surface area contributed by atoms with Crippen LogP contribution in [0.5, 0.6) is 5.75 Å². The number of Topliss-reactive ketones (excluding diaryl/α,β-unsaturated/α-hetero) is 1. The highest BCUT2D eigenvalue weighted by molar-refractivity contribution is 6.02. The Hall–Kier alpha value is -2.90. The molecule has 8 heteroatoms. The molecular weight excluding hydrogens is 380 g/mol. The maximum Gasteiger partial charge on any atom is 0.323 e. The van der Waals surface area contributed by atoms with Gasteiger partial charge in [-0.05, 0) is 42.5 Å². The molecule has 0 amide bonds. The van der Waals surface area contributed by atoms with E-state index in [4.69, 9.17) is 18.9 Å². The molecule has 0 unspecified atom stereocenters. The minimum absolute atomic E-state index is 0.0355. The average molecular weight is 406 g/mol. The van der Waals surface area contributed by atoms with Crippen molar-refractivity contribution in [3.63, 3.8) is 0 Å². The summed E-state index contributed by atoms with van der Waals surface area (Å²) >= 11 is 0. The molecule has 8 nitrogen and oxygen atoms in total. The molecule has 29 heavy (non-hydrogen) atoms. The first kappa shape index (κ1) is 22.4. The van der Waals surface area contributed by atoms with Crippen molar-refractivity contribution in [2.75, 3.05) is 28.4 Å². The molecule has 158 valence electrons. The fourth-order valence-electron chi connectivity index (χ4n) is 4.29. The molecule has 0 N–H and O–H groups in total. The Kier molecular flexibility index (Phi) is 7.00. The van der Waals surface area contributed by atoms with Crippen molar-refractivity contribution in [1.29, 1.82) is 0 Å². The Morgan fingerprint density at radius 2 is 1.48 bits per heavy atom. The molecule has 1 aliphatic rings. The topological polar surface area (TPSA) is 105 Å². The molecule has 0 bridgehead atoms. The number of ketones is 1. The number of carbonyl (C=O) groups excluding carboxylic acids is 4. The van der Waals surface area contributed by atoms with Gasteiger partial charge in [-0.1, -0.05) is 6.92 Å². The van der Waals surface area contributed by atoms with E-state index in [2.05, 4.69) is 0 Å². The SMILES string of the molecule is COC(=O)[C@@H]1[C@H](CC(=O)c2ccc(OC)cc2)CC(C(=O)OC)(C(=O)OC)[C@H]1C. The second-order valence-electron chi connectivity index (χ2n) is 7.11. The zero-order valence-corrected chi connectivity index (χ0v) is 17.2. The number of benzene rings is 1. The number of hydrogen-bond acceptors (Lipinski definition) is 8. The lowest BCUT2D eigenvalue weighted by Crippen LogP contribution is -2.45. The normalized spacial score (nSPS) is 22.4. The summed E-state index contributed by atoms with van der Waals surface area (Å²) in [5, 5.41) is 0. The number of rotatable bonds is 7. The highest BCUT2D eigenvalue weighted by Gasteiger charge is 2.64. The van der Waals surface area contributed by atoms with Crippen molar-refractivity contribution in [2.24, 2.45) is 23.2 Å². The van der Waals surface area contributed by atoms with Gasteiger partial charge in [0.1, 0.15) is 5.75 Å². The predicted octanol–water partition coefficient (Wildman–Crippen LogP) is 2.05. The van der Waals surface area contributed by atoms with Gasteiger partial charge in [-0.2, -0.15) is 0 Å². The second-order valence-corrected chi connectivity index (χ2v) is 7.11. The molecule has 0 aliphatic heterocycles.